The summed E-state index contributed by atoms with van der Waals surface area (Å²) in [7, 11) is 0. The van der Waals surface area contributed by atoms with Crippen molar-refractivity contribution in [3.05, 3.63) is 52.6 Å². The van der Waals surface area contributed by atoms with E-state index in [1.54, 1.807) is 6.20 Å². The summed E-state index contributed by atoms with van der Waals surface area (Å²) in [6.07, 6.45) is 1.68. The number of fused-ring (bicyclic) bond motifs is 1. The quantitative estimate of drug-likeness (QED) is 0.774. The second-order valence-corrected chi connectivity index (χ2v) is 6.02. The highest BCUT2D eigenvalue weighted by Crippen LogP contribution is 2.33. The zero-order valence-electron chi connectivity index (χ0n) is 13.1. The molecule has 0 bridgehead atoms. The van der Waals surface area contributed by atoms with Gasteiger partial charge in [0.25, 0.3) is 11.8 Å². The van der Waals surface area contributed by atoms with Crippen LogP contribution in [0, 0.1) is 0 Å². The Labute approximate surface area is 147 Å². The third-order valence-corrected chi connectivity index (χ3v) is 4.24. The van der Waals surface area contributed by atoms with E-state index < -0.39 is 0 Å². The van der Waals surface area contributed by atoms with Gasteiger partial charge in [-0.2, -0.15) is 16.3 Å². The second-order valence-electron chi connectivity index (χ2n) is 5.24. The lowest BCUT2D eigenvalue weighted by atomic mass is 10.2. The van der Waals surface area contributed by atoms with Crippen LogP contribution in [0.25, 0.3) is 11.4 Å². The highest BCUT2D eigenvalue weighted by Gasteiger charge is 2.26. The van der Waals surface area contributed by atoms with Gasteiger partial charge in [0.2, 0.25) is 5.75 Å². The Morgan fingerprint density at radius 2 is 2.12 bits per heavy atom. The smallest absolute Gasteiger partial charge is 0.274 e. The Morgan fingerprint density at radius 1 is 1.20 bits per heavy atom. The number of nitrogens with zero attached hydrogens (tertiary/aromatic N) is 3. The van der Waals surface area contributed by atoms with Gasteiger partial charge < -0.3 is 14.8 Å². The molecule has 0 aromatic carbocycles. The van der Waals surface area contributed by atoms with Crippen LogP contribution in [0.1, 0.15) is 16.2 Å². The SMILES string of the molecule is O=C(NCc1ccccn1)c1nc(-c2ccsc2)nc2c1OCCO2. The zero-order valence-corrected chi connectivity index (χ0v) is 14.0. The summed E-state index contributed by atoms with van der Waals surface area (Å²) >= 11 is 1.53. The van der Waals surface area contributed by atoms with Crippen LogP contribution >= 0.6 is 11.3 Å². The molecule has 3 aromatic heterocycles. The van der Waals surface area contributed by atoms with Crippen molar-refractivity contribution in [1.29, 1.82) is 0 Å². The number of aromatic nitrogens is 3. The molecule has 0 saturated carbocycles. The van der Waals surface area contributed by atoms with E-state index in [1.165, 1.54) is 11.3 Å². The molecule has 126 valence electrons. The van der Waals surface area contributed by atoms with Crippen LogP contribution in [0.5, 0.6) is 11.6 Å². The highest BCUT2D eigenvalue weighted by atomic mass is 32.1. The van der Waals surface area contributed by atoms with Crippen LogP contribution in [0.3, 0.4) is 0 Å². The van der Waals surface area contributed by atoms with Gasteiger partial charge in [0.15, 0.2) is 11.5 Å². The third kappa shape index (κ3) is 3.29. The first kappa shape index (κ1) is 15.5. The molecule has 1 aliphatic rings. The van der Waals surface area contributed by atoms with Gasteiger partial charge in [0, 0.05) is 17.1 Å². The van der Waals surface area contributed by atoms with Gasteiger partial charge in [0.05, 0.1) is 12.2 Å². The molecular weight excluding hydrogens is 340 g/mol. The number of ether oxygens (including phenoxy) is 2. The minimum atomic E-state index is -0.355. The summed E-state index contributed by atoms with van der Waals surface area (Å²) in [5.41, 5.74) is 1.76. The van der Waals surface area contributed by atoms with Crippen LogP contribution < -0.4 is 14.8 Å². The Bertz CT molecular complexity index is 884. The Balaban J connectivity index is 1.65. The van der Waals surface area contributed by atoms with Gasteiger partial charge >= 0.3 is 0 Å². The van der Waals surface area contributed by atoms with Crippen LogP contribution in [0.15, 0.2) is 41.2 Å². The standard InChI is InChI=1S/C17H14N4O3S/c22-16(19-9-12-3-1-2-5-18-12)13-14-17(24-7-6-23-14)21-15(20-13)11-4-8-25-10-11/h1-5,8,10H,6-7,9H2,(H,19,22). The van der Waals surface area contributed by atoms with Gasteiger partial charge in [-0.15, -0.1) is 0 Å². The Kier molecular flexibility index (Phi) is 4.26. The summed E-state index contributed by atoms with van der Waals surface area (Å²) in [6.45, 7) is 1.05. The molecule has 0 unspecified atom stereocenters. The van der Waals surface area contributed by atoms with Gasteiger partial charge in [-0.3, -0.25) is 9.78 Å². The second kappa shape index (κ2) is 6.86. The maximum atomic E-state index is 12.6. The van der Waals surface area contributed by atoms with Gasteiger partial charge in [-0.25, -0.2) is 4.98 Å². The van der Waals surface area contributed by atoms with Gasteiger partial charge in [-0.05, 0) is 23.6 Å². The largest absolute Gasteiger partial charge is 0.483 e. The van der Waals surface area contributed by atoms with Crippen molar-refractivity contribution in [3.8, 4) is 23.0 Å². The van der Waals surface area contributed by atoms with Crippen LogP contribution in [-0.4, -0.2) is 34.1 Å². The molecule has 0 aliphatic carbocycles. The van der Waals surface area contributed by atoms with E-state index in [0.29, 0.717) is 31.5 Å². The lowest BCUT2D eigenvalue weighted by molar-refractivity contribution is 0.0931. The van der Waals surface area contributed by atoms with Crippen LogP contribution in [0.4, 0.5) is 0 Å². The van der Waals surface area contributed by atoms with Crippen molar-refractivity contribution >= 4 is 17.2 Å². The van der Waals surface area contributed by atoms with E-state index in [9.17, 15) is 4.79 Å². The van der Waals surface area contributed by atoms with Crippen LogP contribution in [0.2, 0.25) is 0 Å². The molecule has 0 saturated heterocycles. The summed E-state index contributed by atoms with van der Waals surface area (Å²) in [5, 5.41) is 6.66. The third-order valence-electron chi connectivity index (χ3n) is 3.55. The first-order valence-corrected chi connectivity index (χ1v) is 8.64. The Hall–Kier alpha value is -3.00. The monoisotopic (exact) mass is 354 g/mol. The van der Waals surface area contributed by atoms with E-state index in [2.05, 4.69) is 20.3 Å². The molecule has 7 nitrogen and oxygen atoms in total. The van der Waals surface area contributed by atoms with Crippen molar-refractivity contribution < 1.29 is 14.3 Å². The molecule has 1 aliphatic heterocycles. The molecule has 25 heavy (non-hydrogen) atoms. The van der Waals surface area contributed by atoms with E-state index in [0.717, 1.165) is 11.3 Å². The fourth-order valence-corrected chi connectivity index (χ4v) is 3.01. The first-order valence-electron chi connectivity index (χ1n) is 7.69. The van der Waals surface area contributed by atoms with E-state index in [1.807, 2.05) is 35.0 Å². The predicted octanol–water partition coefficient (Wildman–Crippen LogP) is 2.30. The van der Waals surface area contributed by atoms with Gasteiger partial charge in [-0.1, -0.05) is 6.07 Å². The molecule has 3 aromatic rings. The summed E-state index contributed by atoms with van der Waals surface area (Å²) < 4.78 is 11.1. The summed E-state index contributed by atoms with van der Waals surface area (Å²) in [4.78, 5) is 25.6. The number of hydrogen-bond donors (Lipinski definition) is 1. The van der Waals surface area contributed by atoms with Crippen LogP contribution in [-0.2, 0) is 6.54 Å². The molecule has 1 amide bonds. The number of thiophene rings is 1. The fraction of sp³-hybridized carbons (Fsp3) is 0.176. The molecule has 0 spiro atoms. The molecule has 4 heterocycles. The molecule has 0 radical (unpaired) electrons. The highest BCUT2D eigenvalue weighted by molar-refractivity contribution is 7.08. The van der Waals surface area contributed by atoms with Crippen molar-refractivity contribution in [2.24, 2.45) is 0 Å². The molecule has 8 heteroatoms. The van der Waals surface area contributed by atoms with Gasteiger partial charge in [0.1, 0.15) is 13.2 Å². The molecule has 0 fully saturated rings. The Morgan fingerprint density at radius 3 is 2.92 bits per heavy atom. The summed E-state index contributed by atoms with van der Waals surface area (Å²) in [5.74, 6) is 0.661. The average molecular weight is 354 g/mol. The number of rotatable bonds is 4. The topological polar surface area (TPSA) is 86.2 Å². The molecule has 1 N–H and O–H groups in total. The maximum absolute atomic E-state index is 12.6. The first-order chi connectivity index (χ1) is 12.3. The van der Waals surface area contributed by atoms with E-state index in [4.69, 9.17) is 9.47 Å². The number of carbonyl (C=O) groups is 1. The number of pyridine rings is 1. The van der Waals surface area contributed by atoms with Crippen molar-refractivity contribution in [3.63, 3.8) is 0 Å². The minimum absolute atomic E-state index is 0.168. The number of hydrogen-bond acceptors (Lipinski definition) is 7. The average Bonchev–Trinajstić information content (AvgIpc) is 3.21. The number of amides is 1. The molecule has 4 rings (SSSR count). The normalized spacial score (nSPS) is 12.6. The summed E-state index contributed by atoms with van der Waals surface area (Å²) in [6, 6.07) is 7.43. The van der Waals surface area contributed by atoms with Crippen molar-refractivity contribution in [2.45, 2.75) is 6.54 Å². The maximum Gasteiger partial charge on any atom is 0.274 e. The lowest BCUT2D eigenvalue weighted by Crippen LogP contribution is -2.27. The lowest BCUT2D eigenvalue weighted by Gasteiger charge is -2.19. The number of nitrogens with one attached hydrogen (secondary N) is 1. The predicted molar refractivity (Wildman–Crippen MR) is 91.7 cm³/mol. The van der Waals surface area contributed by atoms with Crippen molar-refractivity contribution in [1.82, 2.24) is 20.3 Å². The number of carbonyl (C=O) groups excluding carboxylic acids is 1. The van der Waals surface area contributed by atoms with Crippen molar-refractivity contribution in [2.75, 3.05) is 13.2 Å². The zero-order chi connectivity index (χ0) is 17.1. The fourth-order valence-electron chi connectivity index (χ4n) is 2.37. The van der Waals surface area contributed by atoms with E-state index >= 15 is 0 Å². The molecule has 0 atom stereocenters. The van der Waals surface area contributed by atoms with E-state index in [-0.39, 0.29) is 17.4 Å². The minimum Gasteiger partial charge on any atom is -0.483 e. The molecular formula is C17H14N4O3S.